The van der Waals surface area contributed by atoms with Crippen molar-refractivity contribution in [2.24, 2.45) is 0 Å². The molecule has 1 unspecified atom stereocenters. The molecular formula is C14H21N3O2. The van der Waals surface area contributed by atoms with Gasteiger partial charge in [-0.3, -0.25) is 4.79 Å². The number of carboxylic acid groups (broad SMARTS) is 1. The van der Waals surface area contributed by atoms with Gasteiger partial charge in [-0.25, -0.2) is 0 Å². The van der Waals surface area contributed by atoms with Crippen LogP contribution in [-0.4, -0.2) is 33.9 Å². The third kappa shape index (κ3) is 3.43. The Kier molecular flexibility index (Phi) is 4.35. The number of anilines is 1. The van der Waals surface area contributed by atoms with E-state index in [1.165, 1.54) is 0 Å². The number of carboxylic acids is 1. The zero-order valence-corrected chi connectivity index (χ0v) is 11.5. The van der Waals surface area contributed by atoms with Crippen LogP contribution in [0.4, 0.5) is 5.82 Å². The molecule has 1 aliphatic rings. The average molecular weight is 263 g/mol. The van der Waals surface area contributed by atoms with E-state index in [-0.39, 0.29) is 12.5 Å². The van der Waals surface area contributed by atoms with Gasteiger partial charge >= 0.3 is 5.97 Å². The molecule has 0 radical (unpaired) electrons. The Hall–Kier alpha value is -1.65. The van der Waals surface area contributed by atoms with Crippen LogP contribution in [0.2, 0.25) is 0 Å². The first kappa shape index (κ1) is 13.8. The van der Waals surface area contributed by atoms with Crippen molar-refractivity contribution in [2.75, 3.05) is 11.4 Å². The highest BCUT2D eigenvalue weighted by Crippen LogP contribution is 2.26. The van der Waals surface area contributed by atoms with E-state index in [1.54, 1.807) is 0 Å². The largest absolute Gasteiger partial charge is 0.481 e. The molecule has 19 heavy (non-hydrogen) atoms. The summed E-state index contributed by atoms with van der Waals surface area (Å²) in [5, 5.41) is 17.3. The molecule has 104 valence electrons. The SMILES string of the molecule is CC(C)c1ccc(N2CCCC2CCC(=O)O)nn1. The number of aromatic nitrogens is 2. The molecule has 1 aliphatic heterocycles. The van der Waals surface area contributed by atoms with Crippen LogP contribution in [0.1, 0.15) is 51.1 Å². The predicted molar refractivity (Wildman–Crippen MR) is 73.4 cm³/mol. The Morgan fingerprint density at radius 3 is 2.84 bits per heavy atom. The Balaban J connectivity index is 2.04. The highest BCUT2D eigenvalue weighted by Gasteiger charge is 2.26. The van der Waals surface area contributed by atoms with Gasteiger partial charge in [0.1, 0.15) is 0 Å². The van der Waals surface area contributed by atoms with Crippen LogP contribution in [0, 0.1) is 0 Å². The Labute approximate surface area is 113 Å². The second kappa shape index (κ2) is 5.99. The van der Waals surface area contributed by atoms with Crippen LogP contribution in [0.25, 0.3) is 0 Å². The topological polar surface area (TPSA) is 66.3 Å². The zero-order chi connectivity index (χ0) is 13.8. The first-order chi connectivity index (χ1) is 9.08. The van der Waals surface area contributed by atoms with E-state index in [2.05, 4.69) is 28.9 Å². The second-order valence-electron chi connectivity index (χ2n) is 5.39. The molecular weight excluding hydrogens is 242 g/mol. The lowest BCUT2D eigenvalue weighted by Gasteiger charge is -2.25. The van der Waals surface area contributed by atoms with Crippen LogP contribution in [0.15, 0.2) is 12.1 Å². The summed E-state index contributed by atoms with van der Waals surface area (Å²) in [6, 6.07) is 4.30. The van der Waals surface area contributed by atoms with E-state index in [1.807, 2.05) is 12.1 Å². The molecule has 0 aromatic carbocycles. The van der Waals surface area contributed by atoms with Crippen molar-refractivity contribution in [1.29, 1.82) is 0 Å². The molecule has 5 heteroatoms. The summed E-state index contributed by atoms with van der Waals surface area (Å²) in [5.74, 6) is 0.522. The lowest BCUT2D eigenvalue weighted by atomic mass is 10.1. The van der Waals surface area contributed by atoms with E-state index in [0.717, 1.165) is 30.9 Å². The molecule has 1 aromatic rings. The molecule has 1 aromatic heterocycles. The van der Waals surface area contributed by atoms with Gasteiger partial charge in [-0.15, -0.1) is 5.10 Å². The van der Waals surface area contributed by atoms with Gasteiger partial charge in [0.15, 0.2) is 5.82 Å². The first-order valence-corrected chi connectivity index (χ1v) is 6.90. The molecule has 0 saturated carbocycles. The monoisotopic (exact) mass is 263 g/mol. The van der Waals surface area contributed by atoms with Gasteiger partial charge in [0.2, 0.25) is 0 Å². The molecule has 0 aliphatic carbocycles. The number of aliphatic carboxylic acids is 1. The lowest BCUT2D eigenvalue weighted by molar-refractivity contribution is -0.137. The first-order valence-electron chi connectivity index (χ1n) is 6.90. The number of carbonyl (C=O) groups is 1. The van der Waals surface area contributed by atoms with Crippen molar-refractivity contribution >= 4 is 11.8 Å². The van der Waals surface area contributed by atoms with Crippen LogP contribution >= 0.6 is 0 Å². The van der Waals surface area contributed by atoms with E-state index in [4.69, 9.17) is 5.11 Å². The van der Waals surface area contributed by atoms with Gasteiger partial charge in [0.25, 0.3) is 0 Å². The number of rotatable bonds is 5. The van der Waals surface area contributed by atoms with Crippen molar-refractivity contribution < 1.29 is 9.90 Å². The molecule has 5 nitrogen and oxygen atoms in total. The molecule has 1 N–H and O–H groups in total. The Morgan fingerprint density at radius 2 is 2.26 bits per heavy atom. The highest BCUT2D eigenvalue weighted by atomic mass is 16.4. The van der Waals surface area contributed by atoms with Crippen molar-refractivity contribution in [3.63, 3.8) is 0 Å². The third-order valence-corrected chi connectivity index (χ3v) is 3.63. The Bertz CT molecular complexity index is 431. The molecule has 2 rings (SSSR count). The molecule has 0 amide bonds. The lowest BCUT2D eigenvalue weighted by Crippen LogP contribution is -2.30. The quantitative estimate of drug-likeness (QED) is 0.883. The third-order valence-electron chi connectivity index (χ3n) is 3.63. The molecule has 1 fully saturated rings. The van der Waals surface area contributed by atoms with Gasteiger partial charge in [0, 0.05) is 19.0 Å². The van der Waals surface area contributed by atoms with Crippen molar-refractivity contribution in [3.05, 3.63) is 17.8 Å². The average Bonchev–Trinajstić information content (AvgIpc) is 2.84. The normalized spacial score (nSPS) is 19.1. The molecule has 1 atom stereocenters. The van der Waals surface area contributed by atoms with Gasteiger partial charge in [-0.2, -0.15) is 5.10 Å². The van der Waals surface area contributed by atoms with Crippen molar-refractivity contribution in [2.45, 2.75) is 51.5 Å². The number of hydrogen-bond acceptors (Lipinski definition) is 4. The second-order valence-corrected chi connectivity index (χ2v) is 5.39. The number of nitrogens with zero attached hydrogens (tertiary/aromatic N) is 3. The Morgan fingerprint density at radius 1 is 1.47 bits per heavy atom. The van der Waals surface area contributed by atoms with E-state index in [9.17, 15) is 4.79 Å². The van der Waals surface area contributed by atoms with Gasteiger partial charge in [-0.05, 0) is 37.3 Å². The van der Waals surface area contributed by atoms with E-state index < -0.39 is 5.97 Å². The van der Waals surface area contributed by atoms with Crippen LogP contribution in [0.3, 0.4) is 0 Å². The maximum absolute atomic E-state index is 10.7. The summed E-state index contributed by atoms with van der Waals surface area (Å²) in [6.07, 6.45) is 3.04. The van der Waals surface area contributed by atoms with Crippen LogP contribution < -0.4 is 4.90 Å². The molecule has 0 spiro atoms. The standard InChI is InChI=1S/C14H21N3O2/c1-10(2)12-6-7-13(16-15-12)17-9-3-4-11(17)5-8-14(18)19/h6-7,10-11H,3-5,8-9H2,1-2H3,(H,18,19). The summed E-state index contributed by atoms with van der Waals surface area (Å²) < 4.78 is 0. The van der Waals surface area contributed by atoms with Gasteiger partial charge in [-0.1, -0.05) is 13.8 Å². The van der Waals surface area contributed by atoms with Gasteiger partial charge in [0.05, 0.1) is 5.69 Å². The van der Waals surface area contributed by atoms with Crippen molar-refractivity contribution in [1.82, 2.24) is 10.2 Å². The summed E-state index contributed by atoms with van der Waals surface area (Å²) in [5.41, 5.74) is 0.991. The smallest absolute Gasteiger partial charge is 0.303 e. The fourth-order valence-electron chi connectivity index (χ4n) is 2.52. The number of hydrogen-bond donors (Lipinski definition) is 1. The van der Waals surface area contributed by atoms with E-state index in [0.29, 0.717) is 12.3 Å². The fraction of sp³-hybridized carbons (Fsp3) is 0.643. The maximum atomic E-state index is 10.7. The molecule has 0 bridgehead atoms. The summed E-state index contributed by atoms with van der Waals surface area (Å²) in [7, 11) is 0. The zero-order valence-electron chi connectivity index (χ0n) is 11.5. The minimum Gasteiger partial charge on any atom is -0.481 e. The fourth-order valence-corrected chi connectivity index (χ4v) is 2.52. The summed E-state index contributed by atoms with van der Waals surface area (Å²) in [6.45, 7) is 5.13. The minimum atomic E-state index is -0.729. The summed E-state index contributed by atoms with van der Waals surface area (Å²) in [4.78, 5) is 12.9. The van der Waals surface area contributed by atoms with Crippen LogP contribution in [-0.2, 0) is 4.79 Å². The van der Waals surface area contributed by atoms with Gasteiger partial charge < -0.3 is 10.0 Å². The van der Waals surface area contributed by atoms with E-state index >= 15 is 0 Å². The molecule has 1 saturated heterocycles. The maximum Gasteiger partial charge on any atom is 0.303 e. The minimum absolute atomic E-state index is 0.221. The summed E-state index contributed by atoms with van der Waals surface area (Å²) >= 11 is 0. The predicted octanol–water partition coefficient (Wildman–Crippen LogP) is 2.43. The highest BCUT2D eigenvalue weighted by molar-refractivity contribution is 5.66. The van der Waals surface area contributed by atoms with Crippen LogP contribution in [0.5, 0.6) is 0 Å². The van der Waals surface area contributed by atoms with Crippen molar-refractivity contribution in [3.8, 4) is 0 Å². The molecule has 2 heterocycles.